The van der Waals surface area contributed by atoms with Crippen molar-refractivity contribution in [1.82, 2.24) is 20.3 Å². The molecule has 1 aromatic carbocycles. The van der Waals surface area contributed by atoms with Crippen LogP contribution in [0.3, 0.4) is 0 Å². The minimum Gasteiger partial charge on any atom is -0.467 e. The van der Waals surface area contributed by atoms with Crippen molar-refractivity contribution in [2.75, 3.05) is 12.4 Å². The standard InChI is InChI=1S/C25H28F3N5O3S/c1-14(2)9-18(23(35)36-4)32-21(34)5-6-22-30-13-19(37-22)16-10-15(3)11-17(12-16)31-24-29-8-7-20(33-24)25(26,27)28/h7-8,10-14,18H,5-6,9H2,1-4H3,(H,32,34)(H,29,31,33)/t18-/m0/s1. The van der Waals surface area contributed by atoms with E-state index in [1.807, 2.05) is 26.8 Å². The quantitative estimate of drug-likeness (QED) is 0.339. The van der Waals surface area contributed by atoms with E-state index in [1.165, 1.54) is 18.4 Å². The van der Waals surface area contributed by atoms with Crippen LogP contribution in [-0.2, 0) is 26.9 Å². The first-order valence-corrected chi connectivity index (χ1v) is 12.4. The first-order valence-electron chi connectivity index (χ1n) is 11.6. The van der Waals surface area contributed by atoms with Crippen molar-refractivity contribution in [3.8, 4) is 10.4 Å². The van der Waals surface area contributed by atoms with Crippen LogP contribution in [0.15, 0.2) is 36.7 Å². The molecule has 1 amide bonds. The van der Waals surface area contributed by atoms with Gasteiger partial charge in [-0.2, -0.15) is 13.2 Å². The van der Waals surface area contributed by atoms with Gasteiger partial charge in [-0.25, -0.2) is 19.7 Å². The molecule has 198 valence electrons. The molecule has 0 unspecified atom stereocenters. The number of methoxy groups -OCH3 is 1. The maximum absolute atomic E-state index is 13.0. The second kappa shape index (κ2) is 12.1. The maximum atomic E-state index is 13.0. The van der Waals surface area contributed by atoms with E-state index < -0.39 is 23.9 Å². The van der Waals surface area contributed by atoms with E-state index in [2.05, 4.69) is 25.6 Å². The third-order valence-electron chi connectivity index (χ3n) is 5.21. The Bertz CT molecular complexity index is 1250. The molecule has 0 spiro atoms. The minimum absolute atomic E-state index is 0.159. The summed E-state index contributed by atoms with van der Waals surface area (Å²) in [5.74, 6) is -0.696. The number of nitrogens with one attached hydrogen (secondary N) is 2. The Morgan fingerprint density at radius 3 is 2.59 bits per heavy atom. The summed E-state index contributed by atoms with van der Waals surface area (Å²) in [6, 6.07) is 5.59. The Morgan fingerprint density at radius 2 is 1.92 bits per heavy atom. The molecule has 3 rings (SSSR count). The largest absolute Gasteiger partial charge is 0.467 e. The van der Waals surface area contributed by atoms with Crippen molar-refractivity contribution >= 4 is 34.8 Å². The lowest BCUT2D eigenvalue weighted by Gasteiger charge is -2.18. The lowest BCUT2D eigenvalue weighted by atomic mass is 10.0. The zero-order chi connectivity index (χ0) is 27.2. The van der Waals surface area contributed by atoms with Crippen LogP contribution in [0, 0.1) is 12.8 Å². The van der Waals surface area contributed by atoms with Crippen LogP contribution >= 0.6 is 11.3 Å². The number of carbonyl (C=O) groups excluding carboxylic acids is 2. The van der Waals surface area contributed by atoms with Crippen LogP contribution in [0.1, 0.15) is 43.0 Å². The van der Waals surface area contributed by atoms with Crippen molar-refractivity contribution in [2.24, 2.45) is 5.92 Å². The first-order chi connectivity index (χ1) is 17.4. The number of thiazole rings is 1. The van der Waals surface area contributed by atoms with Crippen molar-refractivity contribution in [2.45, 2.75) is 52.3 Å². The highest BCUT2D eigenvalue weighted by atomic mass is 32.1. The van der Waals surface area contributed by atoms with Gasteiger partial charge in [0.1, 0.15) is 11.7 Å². The average Bonchev–Trinajstić information content (AvgIpc) is 3.30. The van der Waals surface area contributed by atoms with E-state index in [4.69, 9.17) is 4.74 Å². The number of aryl methyl sites for hydroxylation is 2. The molecule has 37 heavy (non-hydrogen) atoms. The van der Waals surface area contributed by atoms with Gasteiger partial charge in [-0.1, -0.05) is 19.9 Å². The third-order valence-corrected chi connectivity index (χ3v) is 6.32. The second-order valence-corrected chi connectivity index (χ2v) is 9.98. The average molecular weight is 536 g/mol. The van der Waals surface area contributed by atoms with Crippen molar-refractivity contribution in [1.29, 1.82) is 0 Å². The van der Waals surface area contributed by atoms with Crippen LogP contribution in [0.4, 0.5) is 24.8 Å². The number of alkyl halides is 3. The van der Waals surface area contributed by atoms with Gasteiger partial charge in [-0.15, -0.1) is 11.3 Å². The van der Waals surface area contributed by atoms with Gasteiger partial charge in [0.05, 0.1) is 17.0 Å². The van der Waals surface area contributed by atoms with E-state index in [-0.39, 0.29) is 24.2 Å². The molecular weight excluding hydrogens is 507 g/mol. The van der Waals surface area contributed by atoms with Gasteiger partial charge in [0.2, 0.25) is 11.9 Å². The van der Waals surface area contributed by atoms with Crippen LogP contribution in [-0.4, -0.2) is 40.0 Å². The monoisotopic (exact) mass is 535 g/mol. The van der Waals surface area contributed by atoms with Crippen LogP contribution in [0.2, 0.25) is 0 Å². The molecule has 0 bridgehead atoms. The molecule has 2 aromatic heterocycles. The number of anilines is 2. The molecule has 12 heteroatoms. The van der Waals surface area contributed by atoms with Crippen molar-refractivity contribution in [3.05, 3.63) is 52.9 Å². The smallest absolute Gasteiger partial charge is 0.433 e. The van der Waals surface area contributed by atoms with Gasteiger partial charge in [0.25, 0.3) is 0 Å². The number of nitrogens with zero attached hydrogens (tertiary/aromatic N) is 3. The van der Waals surface area contributed by atoms with Gasteiger partial charge in [0.15, 0.2) is 0 Å². The number of halogens is 3. The molecule has 2 N–H and O–H groups in total. The van der Waals surface area contributed by atoms with Gasteiger partial charge in [-0.05, 0) is 48.6 Å². The van der Waals surface area contributed by atoms with E-state index in [0.29, 0.717) is 18.5 Å². The molecular formula is C25H28F3N5O3S. The van der Waals surface area contributed by atoms with E-state index in [9.17, 15) is 22.8 Å². The predicted molar refractivity (Wildman–Crippen MR) is 134 cm³/mol. The fraction of sp³-hybridized carbons (Fsp3) is 0.400. The summed E-state index contributed by atoms with van der Waals surface area (Å²) in [5, 5.41) is 6.30. The third kappa shape index (κ3) is 8.24. The van der Waals surface area contributed by atoms with Crippen molar-refractivity contribution in [3.63, 3.8) is 0 Å². The Morgan fingerprint density at radius 1 is 1.16 bits per heavy atom. The Hall–Kier alpha value is -3.54. The summed E-state index contributed by atoms with van der Waals surface area (Å²) in [4.78, 5) is 37.0. The zero-order valence-electron chi connectivity index (χ0n) is 20.8. The zero-order valence-corrected chi connectivity index (χ0v) is 21.7. The van der Waals surface area contributed by atoms with Crippen LogP contribution in [0.25, 0.3) is 10.4 Å². The topological polar surface area (TPSA) is 106 Å². The maximum Gasteiger partial charge on any atom is 0.433 e. The fourth-order valence-corrected chi connectivity index (χ4v) is 4.48. The van der Waals surface area contributed by atoms with Gasteiger partial charge in [0, 0.05) is 30.9 Å². The molecule has 0 aliphatic heterocycles. The normalized spacial score (nSPS) is 12.3. The minimum atomic E-state index is -4.57. The number of benzene rings is 1. The summed E-state index contributed by atoms with van der Waals surface area (Å²) in [6.07, 6.45) is -0.798. The van der Waals surface area contributed by atoms with E-state index in [0.717, 1.165) is 33.3 Å². The van der Waals surface area contributed by atoms with E-state index in [1.54, 1.807) is 18.3 Å². The first kappa shape index (κ1) is 28.0. The molecule has 0 saturated heterocycles. The molecule has 0 fully saturated rings. The number of rotatable bonds is 10. The van der Waals surface area contributed by atoms with Crippen LogP contribution < -0.4 is 10.6 Å². The van der Waals surface area contributed by atoms with Gasteiger partial charge >= 0.3 is 12.1 Å². The number of amides is 1. The summed E-state index contributed by atoms with van der Waals surface area (Å²) >= 11 is 1.41. The van der Waals surface area contributed by atoms with Gasteiger partial charge in [-0.3, -0.25) is 4.79 Å². The highest BCUT2D eigenvalue weighted by Crippen LogP contribution is 2.32. The number of hydrogen-bond acceptors (Lipinski definition) is 8. The lowest BCUT2D eigenvalue weighted by molar-refractivity contribution is -0.145. The number of carbonyl (C=O) groups is 2. The molecule has 0 radical (unpaired) electrons. The molecule has 2 heterocycles. The Balaban J connectivity index is 1.67. The predicted octanol–water partition coefficient (Wildman–Crippen LogP) is 5.31. The van der Waals surface area contributed by atoms with Crippen LogP contribution in [0.5, 0.6) is 0 Å². The summed E-state index contributed by atoms with van der Waals surface area (Å²) in [7, 11) is 1.29. The molecule has 0 saturated carbocycles. The number of aromatic nitrogens is 3. The summed E-state index contributed by atoms with van der Waals surface area (Å²) in [5.41, 5.74) is 1.18. The lowest BCUT2D eigenvalue weighted by Crippen LogP contribution is -2.42. The number of hydrogen-bond donors (Lipinski definition) is 2. The number of esters is 1. The molecule has 8 nitrogen and oxygen atoms in total. The molecule has 0 aliphatic carbocycles. The molecule has 0 aliphatic rings. The Kier molecular flexibility index (Phi) is 9.19. The number of ether oxygens (including phenoxy) is 1. The summed E-state index contributed by atoms with van der Waals surface area (Å²) < 4.78 is 43.7. The highest BCUT2D eigenvalue weighted by molar-refractivity contribution is 7.15. The molecule has 3 aromatic rings. The second-order valence-electron chi connectivity index (χ2n) is 8.87. The SMILES string of the molecule is COC(=O)[C@H](CC(C)C)NC(=O)CCc1ncc(-c2cc(C)cc(Nc3nccc(C(F)(F)F)n3)c2)s1. The fourth-order valence-electron chi connectivity index (χ4n) is 3.58. The van der Waals surface area contributed by atoms with E-state index >= 15 is 0 Å². The summed E-state index contributed by atoms with van der Waals surface area (Å²) in [6.45, 7) is 5.78. The molecule has 1 atom stereocenters. The van der Waals surface area contributed by atoms with Crippen molar-refractivity contribution < 1.29 is 27.5 Å². The Labute approximate surface area is 216 Å². The highest BCUT2D eigenvalue weighted by Gasteiger charge is 2.32. The van der Waals surface area contributed by atoms with Gasteiger partial charge < -0.3 is 15.4 Å².